The molecule has 1 fully saturated rings. The van der Waals surface area contributed by atoms with Gasteiger partial charge in [0.15, 0.2) is 0 Å². The standard InChI is InChI=1S/C23H23Cl2NO4/c1-4-10-26-20(14-6-8-16(24)17(25)12-14)19(22(28)23(26)29)21(27)15-7-9-18(30-5-2)13(3)11-15/h6-9,11-12,20,27H,4-5,10H2,1-3H3/b21-19-. The zero-order chi connectivity index (χ0) is 22.0. The summed E-state index contributed by atoms with van der Waals surface area (Å²) < 4.78 is 5.54. The van der Waals surface area contributed by atoms with E-state index < -0.39 is 17.7 Å². The van der Waals surface area contributed by atoms with Gasteiger partial charge in [-0.15, -0.1) is 0 Å². The largest absolute Gasteiger partial charge is 0.507 e. The van der Waals surface area contributed by atoms with Crippen LogP contribution >= 0.6 is 23.2 Å². The van der Waals surface area contributed by atoms with Crippen LogP contribution in [0.5, 0.6) is 5.75 Å². The Morgan fingerprint density at radius 2 is 1.83 bits per heavy atom. The number of carbonyl (C=O) groups is 2. The highest BCUT2D eigenvalue weighted by Gasteiger charge is 2.45. The number of aliphatic hydroxyl groups excluding tert-OH is 1. The molecule has 5 nitrogen and oxygen atoms in total. The Kier molecular flexibility index (Phi) is 6.74. The summed E-state index contributed by atoms with van der Waals surface area (Å²) in [5, 5.41) is 11.8. The van der Waals surface area contributed by atoms with Crippen LogP contribution in [0.4, 0.5) is 0 Å². The summed E-state index contributed by atoms with van der Waals surface area (Å²) in [4.78, 5) is 27.1. The van der Waals surface area contributed by atoms with Crippen LogP contribution in [0.15, 0.2) is 42.0 Å². The fourth-order valence-corrected chi connectivity index (χ4v) is 3.96. The van der Waals surface area contributed by atoms with Gasteiger partial charge in [0, 0.05) is 12.1 Å². The molecule has 1 aliphatic heterocycles. The van der Waals surface area contributed by atoms with Gasteiger partial charge in [-0.2, -0.15) is 0 Å². The van der Waals surface area contributed by atoms with Crippen molar-refractivity contribution in [1.29, 1.82) is 0 Å². The highest BCUT2D eigenvalue weighted by Crippen LogP contribution is 2.41. The first-order valence-electron chi connectivity index (χ1n) is 9.77. The Balaban J connectivity index is 2.17. The molecule has 1 heterocycles. The second kappa shape index (κ2) is 9.11. The van der Waals surface area contributed by atoms with E-state index >= 15 is 0 Å². The molecular weight excluding hydrogens is 425 g/mol. The number of ketones is 1. The lowest BCUT2D eigenvalue weighted by molar-refractivity contribution is -0.139. The van der Waals surface area contributed by atoms with E-state index in [-0.39, 0.29) is 11.3 Å². The van der Waals surface area contributed by atoms with Crippen LogP contribution in [0.2, 0.25) is 10.0 Å². The number of benzene rings is 2. The third-order valence-electron chi connectivity index (χ3n) is 5.01. The van der Waals surface area contributed by atoms with Crippen molar-refractivity contribution in [2.75, 3.05) is 13.2 Å². The zero-order valence-corrected chi connectivity index (χ0v) is 18.5. The van der Waals surface area contributed by atoms with Gasteiger partial charge in [-0.3, -0.25) is 9.59 Å². The third kappa shape index (κ3) is 4.05. The molecule has 30 heavy (non-hydrogen) atoms. The molecule has 1 amide bonds. The Morgan fingerprint density at radius 3 is 2.43 bits per heavy atom. The molecule has 0 radical (unpaired) electrons. The van der Waals surface area contributed by atoms with Crippen LogP contribution in [0.25, 0.3) is 5.76 Å². The number of likely N-dealkylation sites (tertiary alicyclic amines) is 1. The van der Waals surface area contributed by atoms with Crippen LogP contribution in [-0.4, -0.2) is 34.8 Å². The van der Waals surface area contributed by atoms with Crippen molar-refractivity contribution in [2.45, 2.75) is 33.2 Å². The maximum atomic E-state index is 12.9. The molecule has 3 rings (SSSR count). The third-order valence-corrected chi connectivity index (χ3v) is 5.75. The van der Waals surface area contributed by atoms with Gasteiger partial charge in [0.2, 0.25) is 0 Å². The molecule has 158 valence electrons. The fraction of sp³-hybridized carbons (Fsp3) is 0.304. The molecule has 1 N–H and O–H groups in total. The van der Waals surface area contributed by atoms with E-state index in [1.165, 1.54) is 4.90 Å². The number of nitrogens with zero attached hydrogens (tertiary/aromatic N) is 1. The number of halogens is 2. The first-order valence-corrected chi connectivity index (χ1v) is 10.5. The van der Waals surface area contributed by atoms with E-state index in [1.807, 2.05) is 20.8 Å². The highest BCUT2D eigenvalue weighted by molar-refractivity contribution is 6.46. The lowest BCUT2D eigenvalue weighted by Gasteiger charge is -2.25. The minimum atomic E-state index is -0.744. The van der Waals surface area contributed by atoms with Crippen LogP contribution in [0.1, 0.15) is 43.0 Å². The van der Waals surface area contributed by atoms with Crippen molar-refractivity contribution in [3.8, 4) is 5.75 Å². The summed E-state index contributed by atoms with van der Waals surface area (Å²) in [6, 6.07) is 9.36. The van der Waals surface area contributed by atoms with Gasteiger partial charge in [0.05, 0.1) is 28.3 Å². The topological polar surface area (TPSA) is 66.8 Å². The number of ether oxygens (including phenoxy) is 1. The molecule has 1 unspecified atom stereocenters. The minimum Gasteiger partial charge on any atom is -0.507 e. The van der Waals surface area contributed by atoms with E-state index in [4.69, 9.17) is 27.9 Å². The van der Waals surface area contributed by atoms with Gasteiger partial charge in [0.1, 0.15) is 11.5 Å². The molecular formula is C23H23Cl2NO4. The minimum absolute atomic E-state index is 0.0374. The van der Waals surface area contributed by atoms with Gasteiger partial charge in [0.25, 0.3) is 11.7 Å². The van der Waals surface area contributed by atoms with E-state index in [1.54, 1.807) is 36.4 Å². The number of aryl methyl sites for hydroxylation is 1. The molecule has 0 saturated carbocycles. The molecule has 2 aromatic rings. The number of hydrogen-bond donors (Lipinski definition) is 1. The van der Waals surface area contributed by atoms with E-state index in [9.17, 15) is 14.7 Å². The van der Waals surface area contributed by atoms with Gasteiger partial charge in [-0.05, 0) is 61.7 Å². The Morgan fingerprint density at radius 1 is 1.10 bits per heavy atom. The molecule has 7 heteroatoms. The Hall–Kier alpha value is -2.50. The van der Waals surface area contributed by atoms with Crippen LogP contribution in [-0.2, 0) is 9.59 Å². The van der Waals surface area contributed by atoms with Gasteiger partial charge in [-0.1, -0.05) is 36.2 Å². The SMILES string of the molecule is CCCN1C(=O)C(=O)/C(=C(\O)c2ccc(OCC)c(C)c2)C1c1ccc(Cl)c(Cl)c1. The number of carbonyl (C=O) groups excluding carboxylic acids is 2. The lowest BCUT2D eigenvalue weighted by Crippen LogP contribution is -2.30. The predicted octanol–water partition coefficient (Wildman–Crippen LogP) is 5.53. The van der Waals surface area contributed by atoms with E-state index in [2.05, 4.69) is 0 Å². The van der Waals surface area contributed by atoms with Crippen molar-refractivity contribution < 1.29 is 19.4 Å². The second-order valence-electron chi connectivity index (χ2n) is 7.08. The summed E-state index contributed by atoms with van der Waals surface area (Å²) in [5.74, 6) is -0.892. The van der Waals surface area contributed by atoms with Crippen LogP contribution < -0.4 is 4.74 Å². The van der Waals surface area contributed by atoms with Gasteiger partial charge >= 0.3 is 0 Å². The predicted molar refractivity (Wildman–Crippen MR) is 118 cm³/mol. The van der Waals surface area contributed by atoms with Crippen molar-refractivity contribution in [3.05, 3.63) is 68.7 Å². The number of amides is 1. The summed E-state index contributed by atoms with van der Waals surface area (Å²) in [7, 11) is 0. The normalized spacial score (nSPS) is 18.2. The first kappa shape index (κ1) is 22.2. The number of rotatable bonds is 6. The smallest absolute Gasteiger partial charge is 0.295 e. The van der Waals surface area contributed by atoms with E-state index in [0.29, 0.717) is 46.5 Å². The van der Waals surface area contributed by atoms with E-state index in [0.717, 1.165) is 5.56 Å². The fourth-order valence-electron chi connectivity index (χ4n) is 3.65. The summed E-state index contributed by atoms with van der Waals surface area (Å²) in [5.41, 5.74) is 1.90. The van der Waals surface area contributed by atoms with Crippen molar-refractivity contribution in [1.82, 2.24) is 4.90 Å². The maximum absolute atomic E-state index is 12.9. The number of Topliss-reactive ketones (excluding diaryl/α,β-unsaturated/α-hetero) is 1. The summed E-state index contributed by atoms with van der Waals surface area (Å²) >= 11 is 12.2. The zero-order valence-electron chi connectivity index (χ0n) is 17.0. The summed E-state index contributed by atoms with van der Waals surface area (Å²) in [6.45, 7) is 6.55. The molecule has 1 atom stereocenters. The second-order valence-corrected chi connectivity index (χ2v) is 7.89. The highest BCUT2D eigenvalue weighted by atomic mass is 35.5. The number of hydrogen-bond acceptors (Lipinski definition) is 4. The van der Waals surface area contributed by atoms with Crippen molar-refractivity contribution in [3.63, 3.8) is 0 Å². The molecule has 0 aromatic heterocycles. The maximum Gasteiger partial charge on any atom is 0.295 e. The number of aliphatic hydroxyl groups is 1. The molecule has 2 aromatic carbocycles. The molecule has 0 spiro atoms. The molecule has 0 aliphatic carbocycles. The average molecular weight is 448 g/mol. The van der Waals surface area contributed by atoms with Crippen LogP contribution in [0.3, 0.4) is 0 Å². The van der Waals surface area contributed by atoms with Crippen molar-refractivity contribution in [2.24, 2.45) is 0 Å². The van der Waals surface area contributed by atoms with Gasteiger partial charge < -0.3 is 14.7 Å². The monoisotopic (exact) mass is 447 g/mol. The van der Waals surface area contributed by atoms with Gasteiger partial charge in [-0.25, -0.2) is 0 Å². The van der Waals surface area contributed by atoms with Crippen LogP contribution in [0, 0.1) is 6.92 Å². The Bertz CT molecular complexity index is 1030. The molecule has 0 bridgehead atoms. The molecule has 1 saturated heterocycles. The molecule has 1 aliphatic rings. The lowest BCUT2D eigenvalue weighted by atomic mass is 9.94. The summed E-state index contributed by atoms with van der Waals surface area (Å²) in [6.07, 6.45) is 0.660. The quantitative estimate of drug-likeness (QED) is 0.358. The first-order chi connectivity index (χ1) is 14.3. The Labute approximate surface area is 185 Å². The van der Waals surface area contributed by atoms with Crippen molar-refractivity contribution >= 4 is 40.7 Å². The average Bonchev–Trinajstić information content (AvgIpc) is 2.96.